The predicted molar refractivity (Wildman–Crippen MR) is 89.7 cm³/mol. The molecule has 1 heterocycles. The molecule has 0 aliphatic carbocycles. The quantitative estimate of drug-likeness (QED) is 0.754. The fourth-order valence-corrected chi connectivity index (χ4v) is 2.68. The molecule has 2 N–H and O–H groups in total. The molecule has 0 radical (unpaired) electrons. The summed E-state index contributed by atoms with van der Waals surface area (Å²) in [5.74, 6) is 0.655. The van der Waals surface area contributed by atoms with Crippen molar-refractivity contribution in [2.45, 2.75) is 12.6 Å². The molecule has 0 unspecified atom stereocenters. The van der Waals surface area contributed by atoms with Gasteiger partial charge in [0, 0.05) is 12.1 Å². The lowest BCUT2D eigenvalue weighted by Crippen LogP contribution is -2.30. The Morgan fingerprint density at radius 3 is 2.48 bits per heavy atom. The SMILES string of the molecule is Cn1c(=N)n(C[C@H](O)COc2ccc(Cl)cc2)c2ccccc21. The average molecular weight is 332 g/mol. The van der Waals surface area contributed by atoms with Crippen molar-refractivity contribution in [3.05, 3.63) is 59.2 Å². The molecular formula is C17H18ClN3O2. The Kier molecular flexibility index (Phi) is 4.41. The van der Waals surface area contributed by atoms with E-state index >= 15 is 0 Å². The lowest BCUT2D eigenvalue weighted by Gasteiger charge is -2.13. The summed E-state index contributed by atoms with van der Waals surface area (Å²) in [6.07, 6.45) is -0.717. The van der Waals surface area contributed by atoms with Crippen molar-refractivity contribution in [3.8, 4) is 5.75 Å². The highest BCUT2D eigenvalue weighted by atomic mass is 35.5. The van der Waals surface area contributed by atoms with Gasteiger partial charge < -0.3 is 19.0 Å². The minimum atomic E-state index is -0.717. The predicted octanol–water partition coefficient (Wildman–Crippen LogP) is 2.55. The third-order valence-electron chi connectivity index (χ3n) is 3.76. The van der Waals surface area contributed by atoms with E-state index in [1.54, 1.807) is 33.4 Å². The summed E-state index contributed by atoms with van der Waals surface area (Å²) in [5.41, 5.74) is 2.23. The largest absolute Gasteiger partial charge is 0.491 e. The second-order valence-electron chi connectivity index (χ2n) is 5.40. The number of nitrogens with zero attached hydrogens (tertiary/aromatic N) is 2. The highest BCUT2D eigenvalue weighted by Crippen LogP contribution is 2.16. The van der Waals surface area contributed by atoms with Crippen LogP contribution in [0.2, 0.25) is 5.02 Å². The Morgan fingerprint density at radius 2 is 1.78 bits per heavy atom. The minimum Gasteiger partial charge on any atom is -0.491 e. The zero-order chi connectivity index (χ0) is 16.4. The summed E-state index contributed by atoms with van der Waals surface area (Å²) in [6.45, 7) is 0.449. The van der Waals surface area contributed by atoms with Gasteiger partial charge in [-0.25, -0.2) is 0 Å². The lowest BCUT2D eigenvalue weighted by atomic mass is 10.3. The second kappa shape index (κ2) is 6.48. The number of rotatable bonds is 5. The van der Waals surface area contributed by atoms with Crippen LogP contribution in [0.5, 0.6) is 5.75 Å². The molecule has 23 heavy (non-hydrogen) atoms. The first-order valence-corrected chi connectivity index (χ1v) is 7.69. The monoisotopic (exact) mass is 331 g/mol. The van der Waals surface area contributed by atoms with Gasteiger partial charge in [-0.05, 0) is 36.4 Å². The van der Waals surface area contributed by atoms with E-state index in [0.717, 1.165) is 11.0 Å². The van der Waals surface area contributed by atoms with Gasteiger partial charge in [-0.3, -0.25) is 5.41 Å². The van der Waals surface area contributed by atoms with Crippen molar-refractivity contribution in [1.29, 1.82) is 5.41 Å². The number of hydrogen-bond donors (Lipinski definition) is 2. The fourth-order valence-electron chi connectivity index (χ4n) is 2.56. The van der Waals surface area contributed by atoms with Crippen LogP contribution in [0.25, 0.3) is 11.0 Å². The molecule has 0 aliphatic rings. The third-order valence-corrected chi connectivity index (χ3v) is 4.01. The second-order valence-corrected chi connectivity index (χ2v) is 5.84. The summed E-state index contributed by atoms with van der Waals surface area (Å²) in [6, 6.07) is 14.8. The van der Waals surface area contributed by atoms with Crippen LogP contribution in [0.3, 0.4) is 0 Å². The highest BCUT2D eigenvalue weighted by Gasteiger charge is 2.12. The van der Waals surface area contributed by atoms with Gasteiger partial charge in [0.15, 0.2) is 0 Å². The fraction of sp³-hybridized carbons (Fsp3) is 0.235. The van der Waals surface area contributed by atoms with Gasteiger partial charge in [-0.2, -0.15) is 0 Å². The maximum atomic E-state index is 10.2. The topological polar surface area (TPSA) is 63.2 Å². The van der Waals surface area contributed by atoms with Gasteiger partial charge >= 0.3 is 0 Å². The van der Waals surface area contributed by atoms with E-state index in [1.807, 2.05) is 31.3 Å². The van der Waals surface area contributed by atoms with Gasteiger partial charge in [0.1, 0.15) is 18.5 Å². The molecule has 2 aromatic carbocycles. The Morgan fingerprint density at radius 1 is 1.13 bits per heavy atom. The zero-order valence-electron chi connectivity index (χ0n) is 12.7. The maximum Gasteiger partial charge on any atom is 0.202 e. The Labute approximate surface area is 138 Å². The number of nitrogens with one attached hydrogen (secondary N) is 1. The highest BCUT2D eigenvalue weighted by molar-refractivity contribution is 6.30. The number of benzene rings is 2. The molecular weight excluding hydrogens is 314 g/mol. The molecule has 5 nitrogen and oxygen atoms in total. The van der Waals surface area contributed by atoms with Crippen molar-refractivity contribution >= 4 is 22.6 Å². The number of para-hydroxylation sites is 2. The van der Waals surface area contributed by atoms with E-state index in [4.69, 9.17) is 21.7 Å². The van der Waals surface area contributed by atoms with E-state index in [1.165, 1.54) is 0 Å². The molecule has 0 aliphatic heterocycles. The van der Waals surface area contributed by atoms with Gasteiger partial charge in [0.2, 0.25) is 5.62 Å². The molecule has 0 spiro atoms. The number of aliphatic hydroxyl groups excluding tert-OH is 1. The molecule has 0 bridgehead atoms. The number of fused-ring (bicyclic) bond motifs is 1. The van der Waals surface area contributed by atoms with Crippen LogP contribution in [0.4, 0.5) is 0 Å². The van der Waals surface area contributed by atoms with Gasteiger partial charge in [-0.15, -0.1) is 0 Å². The smallest absolute Gasteiger partial charge is 0.202 e. The Hall–Kier alpha value is -2.24. The summed E-state index contributed by atoms with van der Waals surface area (Å²) < 4.78 is 9.14. The summed E-state index contributed by atoms with van der Waals surface area (Å²) in [7, 11) is 1.84. The van der Waals surface area contributed by atoms with Crippen LogP contribution < -0.4 is 10.4 Å². The maximum absolute atomic E-state index is 10.2. The average Bonchev–Trinajstić information content (AvgIpc) is 2.80. The molecule has 0 saturated carbocycles. The van der Waals surface area contributed by atoms with Crippen LogP contribution in [0, 0.1) is 5.41 Å². The van der Waals surface area contributed by atoms with Gasteiger partial charge in [0.25, 0.3) is 0 Å². The number of ether oxygens (including phenoxy) is 1. The van der Waals surface area contributed by atoms with E-state index < -0.39 is 6.10 Å². The number of imidazole rings is 1. The molecule has 0 saturated heterocycles. The van der Waals surface area contributed by atoms with E-state index in [9.17, 15) is 5.11 Å². The van der Waals surface area contributed by atoms with Crippen molar-refractivity contribution in [3.63, 3.8) is 0 Å². The van der Waals surface area contributed by atoms with Crippen molar-refractivity contribution < 1.29 is 9.84 Å². The first kappa shape index (κ1) is 15.6. The molecule has 3 aromatic rings. The number of hydrogen-bond acceptors (Lipinski definition) is 3. The number of halogens is 1. The van der Waals surface area contributed by atoms with E-state index in [0.29, 0.717) is 22.9 Å². The van der Waals surface area contributed by atoms with Crippen LogP contribution in [-0.4, -0.2) is 27.0 Å². The first-order chi connectivity index (χ1) is 11.1. The standard InChI is InChI=1S/C17H18ClN3O2/c1-20-15-4-2-3-5-16(15)21(17(20)19)10-13(22)11-23-14-8-6-12(18)7-9-14/h2-9,13,19,22H,10-11H2,1H3/t13-/m0/s1. The molecule has 0 amide bonds. The Balaban J connectivity index is 1.73. The third kappa shape index (κ3) is 3.25. The Bertz CT molecular complexity index is 868. The van der Waals surface area contributed by atoms with Crippen molar-refractivity contribution in [2.75, 3.05) is 6.61 Å². The summed E-state index contributed by atoms with van der Waals surface area (Å²) in [4.78, 5) is 0. The number of aromatic nitrogens is 2. The molecule has 6 heteroatoms. The van der Waals surface area contributed by atoms with Crippen molar-refractivity contribution in [2.24, 2.45) is 7.05 Å². The van der Waals surface area contributed by atoms with Crippen LogP contribution in [0.1, 0.15) is 0 Å². The van der Waals surface area contributed by atoms with Crippen LogP contribution >= 0.6 is 11.6 Å². The van der Waals surface area contributed by atoms with Crippen molar-refractivity contribution in [1.82, 2.24) is 9.13 Å². The minimum absolute atomic E-state index is 0.150. The molecule has 0 fully saturated rings. The molecule has 1 aromatic heterocycles. The molecule has 120 valence electrons. The van der Waals surface area contributed by atoms with Crippen LogP contribution in [-0.2, 0) is 13.6 Å². The van der Waals surface area contributed by atoms with E-state index in [-0.39, 0.29) is 6.61 Å². The normalized spacial score (nSPS) is 12.5. The number of aryl methyl sites for hydroxylation is 1. The molecule has 3 rings (SSSR count). The van der Waals surface area contributed by atoms with Gasteiger partial charge in [0.05, 0.1) is 17.6 Å². The number of aliphatic hydroxyl groups is 1. The first-order valence-electron chi connectivity index (χ1n) is 7.31. The zero-order valence-corrected chi connectivity index (χ0v) is 13.5. The lowest BCUT2D eigenvalue weighted by molar-refractivity contribution is 0.0921. The molecule has 1 atom stereocenters. The summed E-state index contributed by atoms with van der Waals surface area (Å²) in [5, 5.41) is 19.1. The summed E-state index contributed by atoms with van der Waals surface area (Å²) >= 11 is 5.83. The van der Waals surface area contributed by atoms with Crippen LogP contribution in [0.15, 0.2) is 48.5 Å². The van der Waals surface area contributed by atoms with E-state index in [2.05, 4.69) is 0 Å². The van der Waals surface area contributed by atoms with Gasteiger partial charge in [-0.1, -0.05) is 23.7 Å².